The van der Waals surface area contributed by atoms with Crippen molar-refractivity contribution in [2.75, 3.05) is 0 Å². The van der Waals surface area contributed by atoms with Gasteiger partial charge < -0.3 is 5.11 Å². The zero-order valence-corrected chi connectivity index (χ0v) is 12.5. The van der Waals surface area contributed by atoms with Crippen LogP contribution in [0.5, 0.6) is 0 Å². The molecule has 0 spiro atoms. The minimum absolute atomic E-state index is 0.0676. The molecule has 1 aliphatic rings. The number of hydrogen-bond donors (Lipinski definition) is 2. The minimum atomic E-state index is -3.91. The predicted octanol–water partition coefficient (Wildman–Crippen LogP) is 1.52. The van der Waals surface area contributed by atoms with E-state index in [0.717, 1.165) is 23.9 Å². The molecular formula is C12H13N3O4S2. The molecule has 2 aromatic heterocycles. The van der Waals surface area contributed by atoms with E-state index < -0.39 is 16.0 Å². The first-order valence-electron chi connectivity index (χ1n) is 6.31. The molecule has 112 valence electrons. The molecule has 1 aliphatic carbocycles. The van der Waals surface area contributed by atoms with Crippen LogP contribution in [0.3, 0.4) is 0 Å². The third-order valence-corrected chi connectivity index (χ3v) is 5.98. The van der Waals surface area contributed by atoms with Gasteiger partial charge in [0.1, 0.15) is 5.56 Å². The van der Waals surface area contributed by atoms with Crippen LogP contribution in [0.25, 0.3) is 0 Å². The summed E-state index contributed by atoms with van der Waals surface area (Å²) in [5.41, 5.74) is -0.327. The van der Waals surface area contributed by atoms with Gasteiger partial charge in [-0.25, -0.2) is 13.2 Å². The highest BCUT2D eigenvalue weighted by Gasteiger charge is 2.40. The summed E-state index contributed by atoms with van der Waals surface area (Å²) in [6.45, 7) is 0.253. The predicted molar refractivity (Wildman–Crippen MR) is 75.6 cm³/mol. The highest BCUT2D eigenvalue weighted by molar-refractivity contribution is 7.89. The maximum absolute atomic E-state index is 12.7. The van der Waals surface area contributed by atoms with Gasteiger partial charge in [-0.2, -0.15) is 9.40 Å². The number of aromatic nitrogens is 2. The molecule has 0 aliphatic heterocycles. The Morgan fingerprint density at radius 3 is 2.86 bits per heavy atom. The average Bonchev–Trinajstić information content (AvgIpc) is 2.95. The zero-order valence-electron chi connectivity index (χ0n) is 10.9. The number of sulfonamides is 1. The molecule has 2 heterocycles. The van der Waals surface area contributed by atoms with E-state index in [1.807, 2.05) is 17.5 Å². The van der Waals surface area contributed by atoms with Crippen LogP contribution in [0.4, 0.5) is 0 Å². The summed E-state index contributed by atoms with van der Waals surface area (Å²) in [7, 11) is -3.91. The Hall–Kier alpha value is -1.71. The summed E-state index contributed by atoms with van der Waals surface area (Å²) in [4.78, 5) is 12.0. The fourth-order valence-corrected chi connectivity index (χ4v) is 4.59. The van der Waals surface area contributed by atoms with Crippen LogP contribution in [0.1, 0.15) is 28.1 Å². The van der Waals surface area contributed by atoms with E-state index >= 15 is 0 Å². The van der Waals surface area contributed by atoms with Crippen molar-refractivity contribution in [2.24, 2.45) is 0 Å². The lowest BCUT2D eigenvalue weighted by molar-refractivity contribution is 0.0692. The summed E-state index contributed by atoms with van der Waals surface area (Å²) in [5, 5.41) is 16.5. The van der Waals surface area contributed by atoms with Crippen LogP contribution in [0, 0.1) is 0 Å². The fourth-order valence-electron chi connectivity index (χ4n) is 2.07. The normalized spacial score (nSPS) is 15.5. The second-order valence-electron chi connectivity index (χ2n) is 4.78. The van der Waals surface area contributed by atoms with Gasteiger partial charge in [0, 0.05) is 17.5 Å². The number of rotatable bonds is 6. The van der Waals surface area contributed by atoms with Gasteiger partial charge >= 0.3 is 5.97 Å². The van der Waals surface area contributed by atoms with Gasteiger partial charge in [-0.1, -0.05) is 6.07 Å². The summed E-state index contributed by atoms with van der Waals surface area (Å²) in [6, 6.07) is 3.65. The number of carboxylic acids is 1. The maximum Gasteiger partial charge on any atom is 0.340 e. The lowest BCUT2D eigenvalue weighted by Crippen LogP contribution is -2.33. The largest absolute Gasteiger partial charge is 0.478 e. The molecule has 21 heavy (non-hydrogen) atoms. The summed E-state index contributed by atoms with van der Waals surface area (Å²) >= 11 is 1.47. The van der Waals surface area contributed by atoms with Crippen molar-refractivity contribution in [2.45, 2.75) is 30.5 Å². The SMILES string of the molecule is O=C(O)c1cn[nH]c1S(=O)(=O)N(Cc1cccs1)C1CC1. The van der Waals surface area contributed by atoms with Crippen LogP contribution >= 0.6 is 11.3 Å². The Morgan fingerprint density at radius 1 is 1.52 bits per heavy atom. The molecule has 2 aromatic rings. The van der Waals surface area contributed by atoms with Crippen molar-refractivity contribution in [1.82, 2.24) is 14.5 Å². The van der Waals surface area contributed by atoms with Gasteiger partial charge in [-0.15, -0.1) is 11.3 Å². The second kappa shape index (κ2) is 5.24. The third-order valence-electron chi connectivity index (χ3n) is 3.25. The van der Waals surface area contributed by atoms with Crippen molar-refractivity contribution >= 4 is 27.3 Å². The number of thiophene rings is 1. The van der Waals surface area contributed by atoms with E-state index in [2.05, 4.69) is 10.2 Å². The molecule has 0 atom stereocenters. The van der Waals surface area contributed by atoms with Gasteiger partial charge in [-0.3, -0.25) is 5.10 Å². The molecule has 0 bridgehead atoms. The molecular weight excluding hydrogens is 314 g/mol. The van der Waals surface area contributed by atoms with Crippen molar-refractivity contribution < 1.29 is 18.3 Å². The van der Waals surface area contributed by atoms with E-state index in [9.17, 15) is 13.2 Å². The number of carbonyl (C=O) groups is 1. The molecule has 3 rings (SSSR count). The van der Waals surface area contributed by atoms with Gasteiger partial charge in [0.15, 0.2) is 5.03 Å². The van der Waals surface area contributed by atoms with Crippen molar-refractivity contribution in [3.05, 3.63) is 34.2 Å². The van der Waals surface area contributed by atoms with Gasteiger partial charge in [0.05, 0.1) is 6.20 Å². The van der Waals surface area contributed by atoms with Crippen LogP contribution in [0.2, 0.25) is 0 Å². The molecule has 2 N–H and O–H groups in total. The van der Waals surface area contributed by atoms with Gasteiger partial charge in [0.25, 0.3) is 10.0 Å². The van der Waals surface area contributed by atoms with Crippen molar-refractivity contribution in [1.29, 1.82) is 0 Å². The third kappa shape index (κ3) is 2.71. The molecule has 1 saturated carbocycles. The quantitative estimate of drug-likeness (QED) is 0.837. The van der Waals surface area contributed by atoms with Gasteiger partial charge in [-0.05, 0) is 24.3 Å². The number of aromatic carboxylic acids is 1. The van der Waals surface area contributed by atoms with E-state index in [-0.39, 0.29) is 23.2 Å². The second-order valence-corrected chi connectivity index (χ2v) is 7.64. The molecule has 0 aromatic carbocycles. The number of nitrogens with zero attached hydrogens (tertiary/aromatic N) is 2. The molecule has 0 saturated heterocycles. The molecule has 0 radical (unpaired) electrons. The Morgan fingerprint density at radius 2 is 2.29 bits per heavy atom. The van der Waals surface area contributed by atoms with Crippen molar-refractivity contribution in [3.8, 4) is 0 Å². The number of nitrogens with one attached hydrogen (secondary N) is 1. The monoisotopic (exact) mass is 327 g/mol. The Bertz CT molecular complexity index is 747. The molecule has 9 heteroatoms. The van der Waals surface area contributed by atoms with Crippen LogP contribution in [-0.2, 0) is 16.6 Å². The lowest BCUT2D eigenvalue weighted by atomic mass is 10.4. The van der Waals surface area contributed by atoms with Crippen LogP contribution in [-0.4, -0.2) is 40.0 Å². The summed E-state index contributed by atoms with van der Waals surface area (Å²) < 4.78 is 26.8. The van der Waals surface area contributed by atoms with E-state index in [0.29, 0.717) is 0 Å². The Labute approximate surface area is 125 Å². The van der Waals surface area contributed by atoms with E-state index in [4.69, 9.17) is 5.11 Å². The lowest BCUT2D eigenvalue weighted by Gasteiger charge is -2.20. The molecule has 1 fully saturated rings. The smallest absolute Gasteiger partial charge is 0.340 e. The standard InChI is InChI=1S/C12H13N3O4S2/c16-12(17)10-6-13-14-11(10)21(18,19)15(8-3-4-8)7-9-2-1-5-20-9/h1-2,5-6,8H,3-4,7H2,(H,13,14)(H,16,17). The molecule has 7 nitrogen and oxygen atoms in total. The number of hydrogen-bond acceptors (Lipinski definition) is 5. The van der Waals surface area contributed by atoms with Gasteiger partial charge in [0.2, 0.25) is 0 Å². The average molecular weight is 327 g/mol. The Balaban J connectivity index is 1.97. The summed E-state index contributed by atoms with van der Waals surface area (Å²) in [6.07, 6.45) is 2.60. The molecule has 0 amide bonds. The fraction of sp³-hybridized carbons (Fsp3) is 0.333. The highest BCUT2D eigenvalue weighted by Crippen LogP contribution is 2.34. The van der Waals surface area contributed by atoms with E-state index in [1.54, 1.807) is 0 Å². The maximum atomic E-state index is 12.7. The van der Waals surface area contributed by atoms with Crippen molar-refractivity contribution in [3.63, 3.8) is 0 Å². The van der Waals surface area contributed by atoms with Crippen LogP contribution < -0.4 is 0 Å². The summed E-state index contributed by atoms with van der Waals surface area (Å²) in [5.74, 6) is -1.31. The zero-order chi connectivity index (χ0) is 15.0. The number of H-pyrrole nitrogens is 1. The van der Waals surface area contributed by atoms with Crippen LogP contribution in [0.15, 0.2) is 28.7 Å². The first-order chi connectivity index (χ1) is 10.00. The highest BCUT2D eigenvalue weighted by atomic mass is 32.2. The first kappa shape index (κ1) is 14.2. The first-order valence-corrected chi connectivity index (χ1v) is 8.63. The topological polar surface area (TPSA) is 103 Å². The number of carboxylic acid groups (broad SMARTS) is 1. The number of aromatic amines is 1. The Kier molecular flexibility index (Phi) is 3.56. The molecule has 0 unspecified atom stereocenters. The van der Waals surface area contributed by atoms with E-state index in [1.165, 1.54) is 15.6 Å². The minimum Gasteiger partial charge on any atom is -0.478 e.